The molecule has 0 spiro atoms. The van der Waals surface area contributed by atoms with Crippen LogP contribution in [0.5, 0.6) is 0 Å². The lowest BCUT2D eigenvalue weighted by Crippen LogP contribution is -2.44. The zero-order chi connectivity index (χ0) is 14.2. The van der Waals surface area contributed by atoms with Crippen molar-refractivity contribution in [3.63, 3.8) is 0 Å². The minimum absolute atomic E-state index is 0.291. The predicted molar refractivity (Wildman–Crippen MR) is 75.7 cm³/mol. The maximum absolute atomic E-state index is 12.7. The summed E-state index contributed by atoms with van der Waals surface area (Å²) < 4.78 is 17.8. The number of nitrogens with one attached hydrogen (secondary N) is 1. The molecule has 0 aromatic heterocycles. The smallest absolute Gasteiger partial charge is 0.330 e. The van der Waals surface area contributed by atoms with E-state index >= 15 is 0 Å². The fraction of sp³-hybridized carbons (Fsp3) is 0.400. The summed E-state index contributed by atoms with van der Waals surface area (Å²) in [7, 11) is 0. The number of hydrogen-bond acceptors (Lipinski definition) is 4. The van der Waals surface area contributed by atoms with Crippen LogP contribution in [0.4, 0.5) is 4.39 Å². The van der Waals surface area contributed by atoms with E-state index in [-0.39, 0.29) is 11.8 Å². The normalized spacial score (nSPS) is 16.4. The maximum Gasteiger partial charge on any atom is 0.330 e. The molecule has 1 saturated heterocycles. The first-order valence-electron chi connectivity index (χ1n) is 6.77. The molecule has 2 rings (SSSR count). The van der Waals surface area contributed by atoms with Gasteiger partial charge in [-0.25, -0.2) is 9.18 Å². The van der Waals surface area contributed by atoms with Crippen molar-refractivity contribution in [3.05, 3.63) is 41.7 Å². The monoisotopic (exact) mass is 278 g/mol. The summed E-state index contributed by atoms with van der Waals surface area (Å²) in [4.78, 5) is 13.8. The van der Waals surface area contributed by atoms with E-state index in [1.807, 2.05) is 0 Å². The summed E-state index contributed by atoms with van der Waals surface area (Å²) >= 11 is 0. The highest BCUT2D eigenvalue weighted by Gasteiger charge is 2.09. The van der Waals surface area contributed by atoms with Gasteiger partial charge in [0.05, 0.1) is 0 Å². The van der Waals surface area contributed by atoms with Crippen LogP contribution < -0.4 is 5.32 Å². The van der Waals surface area contributed by atoms with Crippen molar-refractivity contribution in [3.8, 4) is 0 Å². The highest BCUT2D eigenvalue weighted by Crippen LogP contribution is 2.04. The molecule has 5 heteroatoms. The zero-order valence-corrected chi connectivity index (χ0v) is 11.3. The molecule has 1 aliphatic heterocycles. The molecule has 0 saturated carbocycles. The number of esters is 1. The van der Waals surface area contributed by atoms with Gasteiger partial charge < -0.3 is 10.1 Å². The highest BCUT2D eigenvalue weighted by molar-refractivity contribution is 5.87. The van der Waals surface area contributed by atoms with Crippen LogP contribution in [-0.4, -0.2) is 50.2 Å². The highest BCUT2D eigenvalue weighted by atomic mass is 19.1. The average Bonchev–Trinajstić information content (AvgIpc) is 2.48. The van der Waals surface area contributed by atoms with E-state index in [0.717, 1.165) is 38.3 Å². The fourth-order valence-electron chi connectivity index (χ4n) is 2.00. The molecular weight excluding hydrogens is 259 g/mol. The molecule has 1 heterocycles. The third-order valence-electron chi connectivity index (χ3n) is 3.14. The fourth-order valence-corrected chi connectivity index (χ4v) is 2.00. The molecule has 1 N–H and O–H groups in total. The molecule has 1 aromatic carbocycles. The standard InChI is InChI=1S/C15H19FN2O2/c16-14-4-1-13(2-5-14)3-6-15(19)20-12-11-18-9-7-17-8-10-18/h1-6,17H,7-12H2/b6-3+. The van der Waals surface area contributed by atoms with Crippen molar-refractivity contribution in [2.45, 2.75) is 0 Å². The predicted octanol–water partition coefficient (Wildman–Crippen LogP) is 1.29. The average molecular weight is 278 g/mol. The van der Waals surface area contributed by atoms with E-state index in [0.29, 0.717) is 6.61 Å². The number of rotatable bonds is 5. The van der Waals surface area contributed by atoms with Gasteiger partial charge in [0.15, 0.2) is 0 Å². The number of carbonyl (C=O) groups is 1. The number of ether oxygens (including phenoxy) is 1. The molecule has 0 amide bonds. The van der Waals surface area contributed by atoms with Gasteiger partial charge in [-0.2, -0.15) is 0 Å². The van der Waals surface area contributed by atoms with Gasteiger partial charge in [-0.05, 0) is 23.8 Å². The van der Waals surface area contributed by atoms with Crippen molar-refractivity contribution in [1.82, 2.24) is 10.2 Å². The summed E-state index contributed by atoms with van der Waals surface area (Å²) in [6, 6.07) is 5.94. The largest absolute Gasteiger partial charge is 0.461 e. The SMILES string of the molecule is O=C(/C=C/c1ccc(F)cc1)OCCN1CCNCC1. The molecule has 0 radical (unpaired) electrons. The molecule has 0 bridgehead atoms. The third-order valence-corrected chi connectivity index (χ3v) is 3.14. The van der Waals surface area contributed by atoms with E-state index in [4.69, 9.17) is 4.74 Å². The molecule has 0 atom stereocenters. The molecule has 108 valence electrons. The van der Waals surface area contributed by atoms with Crippen molar-refractivity contribution >= 4 is 12.0 Å². The second-order valence-corrected chi connectivity index (χ2v) is 4.64. The van der Waals surface area contributed by atoms with Crippen molar-refractivity contribution in [2.75, 3.05) is 39.3 Å². The second kappa shape index (κ2) is 7.77. The summed E-state index contributed by atoms with van der Waals surface area (Å²) in [5.74, 6) is -0.662. The topological polar surface area (TPSA) is 41.6 Å². The number of nitrogens with zero attached hydrogens (tertiary/aromatic N) is 1. The lowest BCUT2D eigenvalue weighted by atomic mass is 10.2. The summed E-state index contributed by atoms with van der Waals surface area (Å²) in [5, 5.41) is 3.27. The lowest BCUT2D eigenvalue weighted by Gasteiger charge is -2.26. The van der Waals surface area contributed by atoms with Gasteiger partial charge >= 0.3 is 5.97 Å². The second-order valence-electron chi connectivity index (χ2n) is 4.64. The maximum atomic E-state index is 12.7. The Balaban J connectivity index is 1.68. The van der Waals surface area contributed by atoms with Crippen LogP contribution in [-0.2, 0) is 9.53 Å². The van der Waals surface area contributed by atoms with Gasteiger partial charge in [-0.15, -0.1) is 0 Å². The molecule has 0 aliphatic carbocycles. The minimum atomic E-state index is -0.371. The number of hydrogen-bond donors (Lipinski definition) is 1. The first kappa shape index (κ1) is 14.7. The molecule has 1 aliphatic rings. The Kier molecular flexibility index (Phi) is 5.70. The first-order chi connectivity index (χ1) is 9.74. The third kappa shape index (κ3) is 5.11. The Morgan fingerprint density at radius 1 is 1.30 bits per heavy atom. The van der Waals surface area contributed by atoms with E-state index < -0.39 is 0 Å². The quantitative estimate of drug-likeness (QED) is 0.651. The van der Waals surface area contributed by atoms with Crippen LogP contribution in [0.15, 0.2) is 30.3 Å². The van der Waals surface area contributed by atoms with Crippen LogP contribution in [0.1, 0.15) is 5.56 Å². The van der Waals surface area contributed by atoms with E-state index in [2.05, 4.69) is 10.2 Å². The molecule has 1 aromatic rings. The van der Waals surface area contributed by atoms with Gasteiger partial charge in [-0.1, -0.05) is 12.1 Å². The molecule has 1 fully saturated rings. The van der Waals surface area contributed by atoms with Gasteiger partial charge in [-0.3, -0.25) is 4.90 Å². The Bertz CT molecular complexity index is 453. The Labute approximate surface area is 118 Å². The number of halogens is 1. The molecule has 0 unspecified atom stereocenters. The first-order valence-corrected chi connectivity index (χ1v) is 6.77. The lowest BCUT2D eigenvalue weighted by molar-refractivity contribution is -0.138. The van der Waals surface area contributed by atoms with Gasteiger partial charge in [0, 0.05) is 38.8 Å². The molecule has 4 nitrogen and oxygen atoms in total. The van der Waals surface area contributed by atoms with E-state index in [1.165, 1.54) is 18.2 Å². The van der Waals surface area contributed by atoms with Gasteiger partial charge in [0.1, 0.15) is 12.4 Å². The van der Waals surface area contributed by atoms with Crippen LogP contribution >= 0.6 is 0 Å². The molecule has 20 heavy (non-hydrogen) atoms. The van der Waals surface area contributed by atoms with Crippen molar-refractivity contribution in [2.24, 2.45) is 0 Å². The number of piperazine rings is 1. The van der Waals surface area contributed by atoms with Gasteiger partial charge in [0.2, 0.25) is 0 Å². The van der Waals surface area contributed by atoms with E-state index in [1.54, 1.807) is 18.2 Å². The summed E-state index contributed by atoms with van der Waals surface area (Å²) in [6.07, 6.45) is 2.98. The minimum Gasteiger partial charge on any atom is -0.461 e. The van der Waals surface area contributed by atoms with Crippen LogP contribution in [0.25, 0.3) is 6.08 Å². The van der Waals surface area contributed by atoms with Gasteiger partial charge in [0.25, 0.3) is 0 Å². The van der Waals surface area contributed by atoms with Crippen LogP contribution in [0, 0.1) is 5.82 Å². The zero-order valence-electron chi connectivity index (χ0n) is 11.3. The van der Waals surface area contributed by atoms with Crippen LogP contribution in [0.2, 0.25) is 0 Å². The Hall–Kier alpha value is -1.72. The summed E-state index contributed by atoms with van der Waals surface area (Å²) in [6.45, 7) is 5.10. The Morgan fingerprint density at radius 3 is 2.70 bits per heavy atom. The van der Waals surface area contributed by atoms with E-state index in [9.17, 15) is 9.18 Å². The van der Waals surface area contributed by atoms with Crippen molar-refractivity contribution < 1.29 is 13.9 Å². The Morgan fingerprint density at radius 2 is 2.00 bits per heavy atom. The summed E-state index contributed by atoms with van der Waals surface area (Å²) in [5.41, 5.74) is 0.769. The molecular formula is C15H19FN2O2. The van der Waals surface area contributed by atoms with Crippen molar-refractivity contribution in [1.29, 1.82) is 0 Å². The number of benzene rings is 1. The van der Waals surface area contributed by atoms with Crippen LogP contribution in [0.3, 0.4) is 0 Å². The number of carbonyl (C=O) groups excluding carboxylic acids is 1.